The zero-order valence-corrected chi connectivity index (χ0v) is 66.5. The summed E-state index contributed by atoms with van der Waals surface area (Å²) in [6, 6.07) is 103. The van der Waals surface area contributed by atoms with Crippen molar-refractivity contribution in [2.75, 3.05) is 40.9 Å². The van der Waals surface area contributed by atoms with E-state index < -0.39 is 32.5 Å². The minimum atomic E-state index is -0.511. The number of nitrogens with zero attached hydrogens (tertiary/aromatic N) is 4. The van der Waals surface area contributed by atoms with E-state index in [4.69, 9.17) is 14.2 Å². The van der Waals surface area contributed by atoms with Gasteiger partial charge in [-0.3, -0.25) is 0 Å². The fraction of sp³-hybridized carbons (Fsp3) is 0.200. The minimum absolute atomic E-state index is 0.426. The van der Waals surface area contributed by atoms with Crippen LogP contribution in [0.5, 0.6) is 17.2 Å². The van der Waals surface area contributed by atoms with Crippen molar-refractivity contribution in [2.24, 2.45) is 0 Å². The highest BCUT2D eigenvalue weighted by Crippen LogP contribution is 2.74. The van der Waals surface area contributed by atoms with Crippen molar-refractivity contribution in [1.29, 1.82) is 0 Å². The molecule has 0 saturated carbocycles. The van der Waals surface area contributed by atoms with Gasteiger partial charge in [0, 0.05) is 83.7 Å². The van der Waals surface area contributed by atoms with Crippen LogP contribution in [0.25, 0.3) is 65.7 Å². The number of hydrogen-bond acceptors (Lipinski definition) is 7. The summed E-state index contributed by atoms with van der Waals surface area (Å²) in [7, 11) is 5.23. The Labute approximate surface area is 657 Å². The number of ether oxygens (including phenoxy) is 3. The molecule has 548 valence electrons. The standard InChI is InChI=1S/C105H90N4O3/c1-100(2)82-55-73(106(67-34-43-76(110-13)44-35-67)70-31-28-61-22-16-19-25-64(61)52-70)40-49-79(82)91-85(100)58-88-97-94(91)104(9,10)89-59-86-93(81-51-42-75(57-84(81)101(86,3)4)108(69-38-47-78(112-15)48-39-69)72-33-30-63-24-18-21-27-66(63)54-72)96-98(89)109(97)99-90(105(96,11)12)60-87-92(95(99)103(88,7)8)80-50-41-74(56-83(80)102(87,5)6)107(68-36-45-77(111-14)46-37-68)71-32-29-62-23-17-20-26-65(62)53-71/h16-60H,1-15H3. The molecule has 0 bridgehead atoms. The van der Waals surface area contributed by atoms with Gasteiger partial charge in [-0.2, -0.15) is 0 Å². The molecule has 0 spiro atoms. The Morgan fingerprint density at radius 2 is 0.446 bits per heavy atom. The maximum atomic E-state index is 5.78. The summed E-state index contributed by atoms with van der Waals surface area (Å²) >= 11 is 0. The van der Waals surface area contributed by atoms with Crippen molar-refractivity contribution < 1.29 is 14.2 Å². The molecule has 0 aromatic heterocycles. The van der Waals surface area contributed by atoms with E-state index in [0.717, 1.165) is 68.4 Å². The maximum absolute atomic E-state index is 5.78. The van der Waals surface area contributed by atoms with Gasteiger partial charge in [-0.1, -0.05) is 210 Å². The van der Waals surface area contributed by atoms with Gasteiger partial charge in [0.25, 0.3) is 0 Å². The monoisotopic (exact) mass is 1450 g/mol. The molecule has 0 amide bonds. The second kappa shape index (κ2) is 23.4. The Balaban J connectivity index is 0.810. The first-order valence-corrected chi connectivity index (χ1v) is 39.6. The number of benzene rings is 15. The highest BCUT2D eigenvalue weighted by molar-refractivity contribution is 6.09. The molecule has 15 aromatic rings. The molecule has 7 nitrogen and oxygen atoms in total. The predicted octanol–water partition coefficient (Wildman–Crippen LogP) is 27.9. The largest absolute Gasteiger partial charge is 0.497 e. The predicted molar refractivity (Wildman–Crippen MR) is 466 cm³/mol. The molecule has 3 heterocycles. The highest BCUT2D eigenvalue weighted by Gasteiger charge is 2.59. The summed E-state index contributed by atoms with van der Waals surface area (Å²) in [6.45, 7) is 30.5. The summed E-state index contributed by atoms with van der Waals surface area (Å²) in [5.41, 5.74) is 35.4. The van der Waals surface area contributed by atoms with Crippen molar-refractivity contribution in [3.05, 3.63) is 340 Å². The quantitative estimate of drug-likeness (QED) is 0.121. The van der Waals surface area contributed by atoms with Gasteiger partial charge >= 0.3 is 0 Å². The molecule has 6 aliphatic rings. The fourth-order valence-corrected chi connectivity index (χ4v) is 21.2. The number of fused-ring (bicyclic) bond motifs is 15. The van der Waals surface area contributed by atoms with Gasteiger partial charge in [-0.15, -0.1) is 0 Å². The lowest BCUT2D eigenvalue weighted by molar-refractivity contribution is 0.414. The van der Waals surface area contributed by atoms with E-state index in [1.54, 1.807) is 21.3 Å². The van der Waals surface area contributed by atoms with Crippen molar-refractivity contribution >= 4 is 101 Å². The minimum Gasteiger partial charge on any atom is -0.497 e. The van der Waals surface area contributed by atoms with Crippen molar-refractivity contribution in [1.82, 2.24) is 0 Å². The molecular formula is C105H90N4O3. The number of rotatable bonds is 12. The van der Waals surface area contributed by atoms with Crippen molar-refractivity contribution in [3.63, 3.8) is 0 Å². The van der Waals surface area contributed by atoms with E-state index in [9.17, 15) is 0 Å². The van der Waals surface area contributed by atoms with Crippen LogP contribution in [-0.4, -0.2) is 21.3 Å². The van der Waals surface area contributed by atoms with Crippen LogP contribution in [0, 0.1) is 0 Å². The van der Waals surface area contributed by atoms with E-state index in [1.165, 1.54) is 150 Å². The van der Waals surface area contributed by atoms with Gasteiger partial charge < -0.3 is 33.8 Å². The van der Waals surface area contributed by atoms with Gasteiger partial charge in [-0.25, -0.2) is 0 Å². The van der Waals surface area contributed by atoms with E-state index in [1.807, 2.05) is 0 Å². The van der Waals surface area contributed by atoms with Gasteiger partial charge in [0.1, 0.15) is 17.2 Å². The summed E-state index contributed by atoms with van der Waals surface area (Å²) in [5.74, 6) is 2.47. The molecule has 3 aliphatic heterocycles. The number of anilines is 12. The van der Waals surface area contributed by atoms with Crippen LogP contribution in [-0.2, 0) is 32.5 Å². The van der Waals surface area contributed by atoms with Gasteiger partial charge in [0.2, 0.25) is 0 Å². The molecule has 0 N–H and O–H groups in total. The van der Waals surface area contributed by atoms with Crippen LogP contribution in [0.4, 0.5) is 68.2 Å². The molecular weight excluding hydrogens is 1370 g/mol. The first-order valence-electron chi connectivity index (χ1n) is 39.6. The van der Waals surface area contributed by atoms with E-state index in [0.29, 0.717) is 0 Å². The molecule has 7 heteroatoms. The topological polar surface area (TPSA) is 40.7 Å². The summed E-state index contributed by atoms with van der Waals surface area (Å²) < 4.78 is 17.4. The van der Waals surface area contributed by atoms with E-state index >= 15 is 0 Å². The Morgan fingerprint density at radius 3 is 0.705 bits per heavy atom. The average molecular weight is 1460 g/mol. The summed E-state index contributed by atoms with van der Waals surface area (Å²) in [4.78, 5) is 10.2. The summed E-state index contributed by atoms with van der Waals surface area (Å²) in [5, 5.41) is 7.23. The molecule has 0 saturated heterocycles. The van der Waals surface area contributed by atoms with Gasteiger partial charge in [-0.05, 0) is 278 Å². The van der Waals surface area contributed by atoms with Crippen molar-refractivity contribution in [2.45, 2.75) is 116 Å². The van der Waals surface area contributed by atoms with Crippen LogP contribution in [0.1, 0.15) is 150 Å². The third-order valence-electron chi connectivity index (χ3n) is 27.1. The zero-order valence-electron chi connectivity index (χ0n) is 66.5. The smallest absolute Gasteiger partial charge is 0.119 e. The van der Waals surface area contributed by atoms with Crippen LogP contribution < -0.4 is 33.8 Å². The lowest BCUT2D eigenvalue weighted by Gasteiger charge is -2.57. The van der Waals surface area contributed by atoms with Crippen LogP contribution >= 0.6 is 0 Å². The molecule has 15 aromatic carbocycles. The average Bonchev–Trinajstić information content (AvgIpc) is 1.22. The first kappa shape index (κ1) is 67.8. The van der Waals surface area contributed by atoms with E-state index in [-0.39, 0.29) is 0 Å². The second-order valence-corrected chi connectivity index (χ2v) is 35.2. The first-order chi connectivity index (χ1) is 53.9. The SMILES string of the molecule is COc1ccc(N(c2ccc3c(c2)C(C)(C)c2cc4c5c(c2-3)C(C)(C)c2cc3c(c6c2N5c2c(cc5c(c2C4(C)C)-c2ccc(N(c4ccc(OC)cc4)c4ccc7ccccc7c4)cc2C5(C)C)C6(C)C)-c2ccc(N(c4ccc(OC)cc4)c4ccc5ccccc5c4)cc2C3(C)C)c2ccc3ccccc3c2)cc1. The lowest BCUT2D eigenvalue weighted by atomic mass is 9.57. The third kappa shape index (κ3) is 9.22. The third-order valence-corrected chi connectivity index (χ3v) is 27.1. The molecule has 3 aliphatic carbocycles. The van der Waals surface area contributed by atoms with Gasteiger partial charge in [0.05, 0.1) is 38.4 Å². The molecule has 0 radical (unpaired) electrons. The lowest BCUT2D eigenvalue weighted by Crippen LogP contribution is -2.45. The summed E-state index contributed by atoms with van der Waals surface area (Å²) in [6.07, 6.45) is 0. The Hall–Kier alpha value is -12.3. The molecule has 0 unspecified atom stereocenters. The fourth-order valence-electron chi connectivity index (χ4n) is 21.2. The second-order valence-electron chi connectivity index (χ2n) is 35.2. The molecule has 112 heavy (non-hydrogen) atoms. The number of hydrogen-bond donors (Lipinski definition) is 0. The molecule has 0 fully saturated rings. The van der Waals surface area contributed by atoms with Crippen molar-refractivity contribution in [3.8, 4) is 50.6 Å². The Morgan fingerprint density at radius 1 is 0.214 bits per heavy atom. The van der Waals surface area contributed by atoms with Crippen LogP contribution in [0.3, 0.4) is 0 Å². The Kier molecular flexibility index (Phi) is 14.1. The Bertz CT molecular complexity index is 5960. The maximum Gasteiger partial charge on any atom is 0.119 e. The zero-order chi connectivity index (χ0) is 76.8. The molecule has 21 rings (SSSR count). The van der Waals surface area contributed by atoms with E-state index in [2.05, 4.69) is 376 Å². The van der Waals surface area contributed by atoms with Crippen LogP contribution in [0.15, 0.2) is 273 Å². The van der Waals surface area contributed by atoms with Crippen LogP contribution in [0.2, 0.25) is 0 Å². The van der Waals surface area contributed by atoms with Gasteiger partial charge in [0.15, 0.2) is 0 Å². The number of methoxy groups -OCH3 is 3. The highest BCUT2D eigenvalue weighted by atomic mass is 16.5. The normalized spacial score (nSPS) is 16.0. The molecule has 0 atom stereocenters.